The molecule has 2 N–H and O–H groups in total. The Hall–Kier alpha value is -1.23. The minimum Gasteiger partial charge on any atom is -0.399 e. The summed E-state index contributed by atoms with van der Waals surface area (Å²) in [5.41, 5.74) is 7.49. The van der Waals surface area contributed by atoms with Crippen molar-refractivity contribution in [1.82, 2.24) is 0 Å². The average molecular weight is 316 g/mol. The van der Waals surface area contributed by atoms with Gasteiger partial charge < -0.3 is 5.73 Å². The number of anilines is 1. The van der Waals surface area contributed by atoms with Gasteiger partial charge in [0.25, 0.3) is 0 Å². The second kappa shape index (κ2) is 5.04. The summed E-state index contributed by atoms with van der Waals surface area (Å²) in [6.07, 6.45) is 1.16. The second-order valence-corrected chi connectivity index (χ2v) is 6.99. The smallest absolute Gasteiger partial charge is 0.175 e. The summed E-state index contributed by atoms with van der Waals surface area (Å²) in [5.74, 6) is 0. The molecule has 3 nitrogen and oxygen atoms in total. The summed E-state index contributed by atoms with van der Waals surface area (Å²) in [6, 6.07) is 9.58. The van der Waals surface area contributed by atoms with Crippen molar-refractivity contribution in [2.75, 3.05) is 12.0 Å². The van der Waals surface area contributed by atoms with Crippen LogP contribution in [0.15, 0.2) is 41.3 Å². The Morgan fingerprint density at radius 1 is 1.00 bits per heavy atom. The fourth-order valence-electron chi connectivity index (χ4n) is 1.74. The van der Waals surface area contributed by atoms with E-state index in [0.29, 0.717) is 21.3 Å². The Kier molecular flexibility index (Phi) is 3.76. The van der Waals surface area contributed by atoms with Crippen molar-refractivity contribution in [3.63, 3.8) is 0 Å². The van der Waals surface area contributed by atoms with Gasteiger partial charge in [0.15, 0.2) is 9.84 Å². The molecule has 0 atom stereocenters. The molecule has 0 aromatic heterocycles. The molecule has 2 rings (SSSR count). The fraction of sp³-hybridized carbons (Fsp3) is 0.0769. The van der Waals surface area contributed by atoms with Crippen LogP contribution in [-0.4, -0.2) is 14.7 Å². The largest absolute Gasteiger partial charge is 0.399 e. The summed E-state index contributed by atoms with van der Waals surface area (Å²) >= 11 is 12.2. The molecule has 19 heavy (non-hydrogen) atoms. The predicted octanol–water partition coefficient (Wildman–Crippen LogP) is 3.65. The van der Waals surface area contributed by atoms with Crippen LogP contribution < -0.4 is 5.73 Å². The molecule has 2 aromatic carbocycles. The Morgan fingerprint density at radius 2 is 1.47 bits per heavy atom. The Bertz CT molecular complexity index is 702. The number of benzene rings is 2. The Balaban J connectivity index is 2.55. The average Bonchev–Trinajstić information content (AvgIpc) is 2.27. The van der Waals surface area contributed by atoms with Crippen molar-refractivity contribution in [3.8, 4) is 11.1 Å². The molecule has 0 aliphatic carbocycles. The van der Waals surface area contributed by atoms with E-state index in [1.165, 1.54) is 12.1 Å². The molecule has 0 aliphatic heterocycles. The molecular weight excluding hydrogens is 305 g/mol. The molecule has 0 unspecified atom stereocenters. The number of halogens is 2. The molecule has 0 bridgehead atoms. The summed E-state index contributed by atoms with van der Waals surface area (Å²) in [5, 5.41) is 0.856. The maximum atomic E-state index is 11.4. The first kappa shape index (κ1) is 14.2. The van der Waals surface area contributed by atoms with Gasteiger partial charge in [0.05, 0.1) is 14.9 Å². The van der Waals surface area contributed by atoms with E-state index in [1.54, 1.807) is 24.3 Å². The van der Waals surface area contributed by atoms with E-state index in [2.05, 4.69) is 0 Å². The van der Waals surface area contributed by atoms with Crippen LogP contribution >= 0.6 is 23.2 Å². The normalized spacial score (nSPS) is 11.5. The van der Waals surface area contributed by atoms with E-state index in [9.17, 15) is 8.42 Å². The molecule has 0 spiro atoms. The first-order valence-electron chi connectivity index (χ1n) is 5.34. The van der Waals surface area contributed by atoms with Gasteiger partial charge in [0.1, 0.15) is 0 Å². The molecule has 0 heterocycles. The van der Waals surface area contributed by atoms with E-state index in [4.69, 9.17) is 28.9 Å². The van der Waals surface area contributed by atoms with E-state index < -0.39 is 9.84 Å². The van der Waals surface area contributed by atoms with E-state index in [0.717, 1.165) is 11.8 Å². The van der Waals surface area contributed by atoms with Crippen LogP contribution in [0.4, 0.5) is 5.69 Å². The number of nitrogens with two attached hydrogens (primary N) is 1. The van der Waals surface area contributed by atoms with Crippen molar-refractivity contribution in [3.05, 3.63) is 46.4 Å². The molecule has 0 amide bonds. The number of hydrogen-bond acceptors (Lipinski definition) is 3. The zero-order valence-corrected chi connectivity index (χ0v) is 12.4. The lowest BCUT2D eigenvalue weighted by molar-refractivity contribution is 0.602. The Labute approximate surface area is 121 Å². The van der Waals surface area contributed by atoms with Gasteiger partial charge in [-0.15, -0.1) is 0 Å². The van der Waals surface area contributed by atoms with Crippen molar-refractivity contribution in [2.45, 2.75) is 4.90 Å². The lowest BCUT2D eigenvalue weighted by Crippen LogP contribution is -1.96. The highest BCUT2D eigenvalue weighted by atomic mass is 35.5. The molecule has 100 valence electrons. The minimum atomic E-state index is -3.21. The standard InChI is InChI=1S/C13H11Cl2NO2S/c1-19(17,18)10-4-2-8(3-5-10)13-11(14)6-9(16)7-12(13)15/h2-7H,16H2,1H3. The third-order valence-corrected chi connectivity index (χ3v) is 4.36. The van der Waals surface area contributed by atoms with Gasteiger partial charge in [-0.3, -0.25) is 0 Å². The SMILES string of the molecule is CS(=O)(=O)c1ccc(-c2c(Cl)cc(N)cc2Cl)cc1. The lowest BCUT2D eigenvalue weighted by atomic mass is 10.1. The molecule has 2 aromatic rings. The van der Waals surface area contributed by atoms with Crippen molar-refractivity contribution in [1.29, 1.82) is 0 Å². The predicted molar refractivity (Wildman–Crippen MR) is 79.4 cm³/mol. The quantitative estimate of drug-likeness (QED) is 0.860. The summed E-state index contributed by atoms with van der Waals surface area (Å²) in [7, 11) is -3.21. The van der Waals surface area contributed by atoms with Crippen LogP contribution in [0.5, 0.6) is 0 Å². The maximum absolute atomic E-state index is 11.4. The van der Waals surface area contributed by atoms with Crippen LogP contribution in [0.25, 0.3) is 11.1 Å². The van der Waals surface area contributed by atoms with Crippen LogP contribution in [-0.2, 0) is 9.84 Å². The maximum Gasteiger partial charge on any atom is 0.175 e. The van der Waals surface area contributed by atoms with Crippen LogP contribution in [0.1, 0.15) is 0 Å². The first-order chi connectivity index (χ1) is 8.79. The van der Waals surface area contributed by atoms with Gasteiger partial charge in [-0.05, 0) is 29.8 Å². The third kappa shape index (κ3) is 3.03. The molecular formula is C13H11Cl2NO2S. The van der Waals surface area contributed by atoms with Crippen molar-refractivity contribution >= 4 is 38.7 Å². The minimum absolute atomic E-state index is 0.249. The van der Waals surface area contributed by atoms with Crippen LogP contribution in [0.2, 0.25) is 10.0 Å². The Morgan fingerprint density at radius 3 is 1.89 bits per heavy atom. The van der Waals surface area contributed by atoms with Gasteiger partial charge in [-0.2, -0.15) is 0 Å². The topological polar surface area (TPSA) is 60.2 Å². The number of rotatable bonds is 2. The highest BCUT2D eigenvalue weighted by Crippen LogP contribution is 2.36. The third-order valence-electron chi connectivity index (χ3n) is 2.64. The van der Waals surface area contributed by atoms with Gasteiger partial charge in [-0.1, -0.05) is 35.3 Å². The van der Waals surface area contributed by atoms with Gasteiger partial charge in [0.2, 0.25) is 0 Å². The molecule has 6 heteroatoms. The summed E-state index contributed by atoms with van der Waals surface area (Å²) in [4.78, 5) is 0.249. The van der Waals surface area contributed by atoms with Gasteiger partial charge >= 0.3 is 0 Å². The molecule has 0 saturated carbocycles. The number of hydrogen-bond donors (Lipinski definition) is 1. The van der Waals surface area contributed by atoms with Crippen LogP contribution in [0.3, 0.4) is 0 Å². The van der Waals surface area contributed by atoms with Crippen molar-refractivity contribution < 1.29 is 8.42 Å². The van der Waals surface area contributed by atoms with E-state index in [1.807, 2.05) is 0 Å². The highest BCUT2D eigenvalue weighted by molar-refractivity contribution is 7.90. The zero-order chi connectivity index (χ0) is 14.2. The van der Waals surface area contributed by atoms with E-state index >= 15 is 0 Å². The molecule has 0 fully saturated rings. The van der Waals surface area contributed by atoms with Crippen molar-refractivity contribution in [2.24, 2.45) is 0 Å². The highest BCUT2D eigenvalue weighted by Gasteiger charge is 2.12. The first-order valence-corrected chi connectivity index (χ1v) is 7.99. The lowest BCUT2D eigenvalue weighted by Gasteiger charge is -2.09. The van der Waals surface area contributed by atoms with Gasteiger partial charge in [-0.25, -0.2) is 8.42 Å². The van der Waals surface area contributed by atoms with Crippen LogP contribution in [0, 0.1) is 0 Å². The molecule has 0 saturated heterocycles. The summed E-state index contributed by atoms with van der Waals surface area (Å²) in [6.45, 7) is 0. The zero-order valence-electron chi connectivity index (χ0n) is 10.0. The number of nitrogen functional groups attached to an aromatic ring is 1. The molecule has 0 radical (unpaired) electrons. The second-order valence-electron chi connectivity index (χ2n) is 4.16. The number of sulfone groups is 1. The van der Waals surface area contributed by atoms with Gasteiger partial charge in [0, 0.05) is 17.5 Å². The fourth-order valence-corrected chi connectivity index (χ4v) is 3.09. The summed E-state index contributed by atoms with van der Waals surface area (Å²) < 4.78 is 22.8. The molecule has 0 aliphatic rings. The van der Waals surface area contributed by atoms with E-state index in [-0.39, 0.29) is 4.90 Å². The monoisotopic (exact) mass is 315 g/mol.